The van der Waals surface area contributed by atoms with Crippen molar-refractivity contribution in [3.05, 3.63) is 46.4 Å². The number of ether oxygens (including phenoxy) is 1. The van der Waals surface area contributed by atoms with E-state index in [1.807, 2.05) is 34.5 Å². The van der Waals surface area contributed by atoms with Gasteiger partial charge in [0.2, 0.25) is 0 Å². The number of likely N-dealkylation sites (tertiary alicyclic amines) is 2. The fourth-order valence-electron chi connectivity index (χ4n) is 4.37. The molecule has 2 fully saturated rings. The smallest absolute Gasteiger partial charge is 0.253 e. The zero-order valence-corrected chi connectivity index (χ0v) is 17.9. The Labute approximate surface area is 177 Å². The molecule has 1 aromatic carbocycles. The normalized spacial score (nSPS) is 19.1. The molecule has 2 aromatic rings. The van der Waals surface area contributed by atoms with Gasteiger partial charge in [0.25, 0.3) is 5.91 Å². The number of hydrogen-bond donors (Lipinski definition) is 0. The van der Waals surface area contributed by atoms with Gasteiger partial charge in [-0.3, -0.25) is 4.79 Å². The van der Waals surface area contributed by atoms with Gasteiger partial charge in [-0.15, -0.1) is 11.3 Å². The summed E-state index contributed by atoms with van der Waals surface area (Å²) in [5.41, 5.74) is 3.43. The van der Waals surface area contributed by atoms with E-state index in [2.05, 4.69) is 9.88 Å². The summed E-state index contributed by atoms with van der Waals surface area (Å²) in [6.45, 7) is 5.88. The fourth-order valence-corrected chi connectivity index (χ4v) is 4.91. The van der Waals surface area contributed by atoms with E-state index < -0.39 is 0 Å². The molecule has 3 heterocycles. The molecule has 5 nitrogen and oxygen atoms in total. The summed E-state index contributed by atoms with van der Waals surface area (Å²) in [5.74, 6) is 1.57. The highest BCUT2D eigenvalue weighted by molar-refractivity contribution is 7.07. The number of carbonyl (C=O) groups is 1. The molecule has 0 aliphatic carbocycles. The highest BCUT2D eigenvalue weighted by atomic mass is 32.1. The molecule has 0 atom stereocenters. The molecule has 0 bridgehead atoms. The molecule has 4 rings (SSSR count). The Hall–Kier alpha value is -1.92. The van der Waals surface area contributed by atoms with Gasteiger partial charge in [-0.2, -0.15) is 0 Å². The van der Waals surface area contributed by atoms with Gasteiger partial charge in [-0.25, -0.2) is 4.98 Å². The standard InChI is InChI=1S/C23H31N3O2S/c27-23(20-6-5-7-22(14-20)28-16-21-17-29-18-24-21)26-12-8-19(9-13-26)15-25-10-3-1-2-4-11-25/h5-7,14,17-19H,1-4,8-13,15-16H2. The first kappa shape index (κ1) is 20.4. The van der Waals surface area contributed by atoms with Crippen LogP contribution in [0, 0.1) is 5.92 Å². The number of rotatable bonds is 6. The maximum Gasteiger partial charge on any atom is 0.253 e. The Kier molecular flexibility index (Phi) is 7.17. The summed E-state index contributed by atoms with van der Waals surface area (Å²) in [5, 5.41) is 1.98. The summed E-state index contributed by atoms with van der Waals surface area (Å²) < 4.78 is 5.81. The number of carbonyl (C=O) groups excluding carboxylic acids is 1. The molecule has 29 heavy (non-hydrogen) atoms. The summed E-state index contributed by atoms with van der Waals surface area (Å²) in [6, 6.07) is 7.55. The van der Waals surface area contributed by atoms with Crippen LogP contribution in [0.3, 0.4) is 0 Å². The van der Waals surface area contributed by atoms with E-state index in [9.17, 15) is 4.79 Å². The van der Waals surface area contributed by atoms with Crippen LogP contribution in [0.5, 0.6) is 5.75 Å². The van der Waals surface area contributed by atoms with Gasteiger partial charge in [-0.1, -0.05) is 18.9 Å². The predicted molar refractivity (Wildman–Crippen MR) is 116 cm³/mol. The Balaban J connectivity index is 1.27. The van der Waals surface area contributed by atoms with E-state index >= 15 is 0 Å². The third-order valence-electron chi connectivity index (χ3n) is 6.07. The molecule has 0 unspecified atom stereocenters. The number of piperidine rings is 1. The van der Waals surface area contributed by atoms with Gasteiger partial charge in [0.1, 0.15) is 12.4 Å². The van der Waals surface area contributed by atoms with E-state index in [1.165, 1.54) is 45.3 Å². The molecule has 156 valence electrons. The maximum atomic E-state index is 13.0. The lowest BCUT2D eigenvalue weighted by Crippen LogP contribution is -2.41. The van der Waals surface area contributed by atoms with Crippen LogP contribution in [-0.2, 0) is 6.61 Å². The summed E-state index contributed by atoms with van der Waals surface area (Å²) in [4.78, 5) is 21.9. The van der Waals surface area contributed by atoms with Gasteiger partial charge < -0.3 is 14.5 Å². The number of thiazole rings is 1. The molecule has 0 N–H and O–H groups in total. The van der Waals surface area contributed by atoms with Crippen LogP contribution in [-0.4, -0.2) is 53.4 Å². The second-order valence-corrected chi connectivity index (χ2v) is 8.97. The average molecular weight is 414 g/mol. The Morgan fingerprint density at radius 2 is 1.90 bits per heavy atom. The monoisotopic (exact) mass is 413 g/mol. The van der Waals surface area contributed by atoms with E-state index in [4.69, 9.17) is 4.74 Å². The first-order chi connectivity index (χ1) is 14.3. The largest absolute Gasteiger partial charge is 0.487 e. The van der Waals surface area contributed by atoms with Crippen molar-refractivity contribution >= 4 is 17.2 Å². The zero-order valence-electron chi connectivity index (χ0n) is 17.1. The number of hydrogen-bond acceptors (Lipinski definition) is 5. The van der Waals surface area contributed by atoms with E-state index in [1.54, 1.807) is 16.8 Å². The van der Waals surface area contributed by atoms with Crippen molar-refractivity contribution in [1.29, 1.82) is 0 Å². The summed E-state index contributed by atoms with van der Waals surface area (Å²) in [7, 11) is 0. The first-order valence-corrected chi connectivity index (χ1v) is 11.8. The minimum atomic E-state index is 0.123. The zero-order chi connectivity index (χ0) is 19.9. The Morgan fingerprint density at radius 1 is 1.10 bits per heavy atom. The number of amides is 1. The van der Waals surface area contributed by atoms with Crippen LogP contribution in [0.4, 0.5) is 0 Å². The van der Waals surface area contributed by atoms with Crippen molar-refractivity contribution in [2.24, 2.45) is 5.92 Å². The molecule has 1 amide bonds. The fraction of sp³-hybridized carbons (Fsp3) is 0.565. The topological polar surface area (TPSA) is 45.7 Å². The van der Waals surface area contributed by atoms with Gasteiger partial charge in [0.15, 0.2) is 0 Å². The van der Waals surface area contributed by atoms with Crippen molar-refractivity contribution < 1.29 is 9.53 Å². The van der Waals surface area contributed by atoms with Crippen molar-refractivity contribution in [2.75, 3.05) is 32.7 Å². The second-order valence-electron chi connectivity index (χ2n) is 8.25. The molecule has 0 saturated carbocycles. The second kappa shape index (κ2) is 10.2. The van der Waals surface area contributed by atoms with Crippen molar-refractivity contribution in [1.82, 2.24) is 14.8 Å². The summed E-state index contributed by atoms with van der Waals surface area (Å²) >= 11 is 1.56. The molecular weight excluding hydrogens is 382 g/mol. The van der Waals surface area contributed by atoms with Gasteiger partial charge in [0.05, 0.1) is 11.2 Å². The molecular formula is C23H31N3O2S. The van der Waals surface area contributed by atoms with Gasteiger partial charge >= 0.3 is 0 Å². The molecule has 6 heteroatoms. The quantitative estimate of drug-likeness (QED) is 0.702. The van der Waals surface area contributed by atoms with Crippen LogP contribution >= 0.6 is 11.3 Å². The van der Waals surface area contributed by atoms with Gasteiger partial charge in [-0.05, 0) is 62.9 Å². The van der Waals surface area contributed by atoms with E-state index in [0.717, 1.165) is 43.3 Å². The lowest BCUT2D eigenvalue weighted by Gasteiger charge is -2.34. The van der Waals surface area contributed by atoms with Crippen molar-refractivity contribution in [2.45, 2.75) is 45.1 Å². The van der Waals surface area contributed by atoms with Crippen LogP contribution in [0.25, 0.3) is 0 Å². The van der Waals surface area contributed by atoms with E-state index in [0.29, 0.717) is 12.2 Å². The van der Waals surface area contributed by atoms with Crippen LogP contribution in [0.15, 0.2) is 35.2 Å². The maximum absolute atomic E-state index is 13.0. The van der Waals surface area contributed by atoms with Crippen molar-refractivity contribution in [3.63, 3.8) is 0 Å². The SMILES string of the molecule is O=C(c1cccc(OCc2cscn2)c1)N1CCC(CN2CCCCCC2)CC1. The molecule has 2 saturated heterocycles. The number of aromatic nitrogens is 1. The van der Waals surface area contributed by atoms with Gasteiger partial charge in [0, 0.05) is 30.6 Å². The van der Waals surface area contributed by atoms with Crippen LogP contribution < -0.4 is 4.74 Å². The number of nitrogens with zero attached hydrogens (tertiary/aromatic N) is 3. The summed E-state index contributed by atoms with van der Waals surface area (Å²) in [6.07, 6.45) is 7.69. The third-order valence-corrected chi connectivity index (χ3v) is 6.70. The highest BCUT2D eigenvalue weighted by Crippen LogP contribution is 2.23. The first-order valence-electron chi connectivity index (χ1n) is 10.9. The molecule has 0 spiro atoms. The lowest BCUT2D eigenvalue weighted by atomic mass is 9.95. The third kappa shape index (κ3) is 5.80. The van der Waals surface area contributed by atoms with Crippen LogP contribution in [0.1, 0.15) is 54.6 Å². The predicted octanol–water partition coefficient (Wildman–Crippen LogP) is 4.45. The van der Waals surface area contributed by atoms with Crippen molar-refractivity contribution in [3.8, 4) is 5.75 Å². The Bertz CT molecular complexity index is 764. The molecule has 2 aliphatic rings. The lowest BCUT2D eigenvalue weighted by molar-refractivity contribution is 0.0667. The molecule has 2 aliphatic heterocycles. The molecule has 0 radical (unpaired) electrons. The average Bonchev–Trinajstić information content (AvgIpc) is 3.16. The number of benzene rings is 1. The highest BCUT2D eigenvalue weighted by Gasteiger charge is 2.25. The minimum Gasteiger partial charge on any atom is -0.487 e. The minimum absolute atomic E-state index is 0.123. The Morgan fingerprint density at radius 3 is 2.62 bits per heavy atom. The van der Waals surface area contributed by atoms with Crippen LogP contribution in [0.2, 0.25) is 0 Å². The van der Waals surface area contributed by atoms with E-state index in [-0.39, 0.29) is 5.91 Å². The molecule has 1 aromatic heterocycles.